The third-order valence-corrected chi connectivity index (χ3v) is 2.30. The van der Waals surface area contributed by atoms with Gasteiger partial charge in [-0.25, -0.2) is 14.0 Å². The summed E-state index contributed by atoms with van der Waals surface area (Å²) >= 11 is 5.61. The van der Waals surface area contributed by atoms with Crippen LogP contribution in [0.3, 0.4) is 0 Å². The summed E-state index contributed by atoms with van der Waals surface area (Å²) in [5, 5.41) is 13.5. The van der Waals surface area contributed by atoms with Gasteiger partial charge in [0.15, 0.2) is 0 Å². The highest BCUT2D eigenvalue weighted by Crippen LogP contribution is 2.18. The molecule has 2 amide bonds. The van der Waals surface area contributed by atoms with E-state index in [1.807, 2.05) is 0 Å². The molecule has 0 bridgehead atoms. The van der Waals surface area contributed by atoms with Crippen molar-refractivity contribution in [3.05, 3.63) is 29.0 Å². The Bertz CT molecular complexity index is 471. The number of hydrogen-bond donors (Lipinski definition) is 3. The standard InChI is InChI=1S/C11H12ClFN2O3/c1-11(2,9(16)17)15-10(18)14-8-4-6(12)3-7(13)5-8/h3-5H,1-2H3,(H,16,17)(H2,14,15,18). The van der Waals surface area contributed by atoms with E-state index >= 15 is 0 Å². The Morgan fingerprint density at radius 1 is 1.33 bits per heavy atom. The van der Waals surface area contributed by atoms with Crippen LogP contribution in [-0.4, -0.2) is 22.6 Å². The van der Waals surface area contributed by atoms with Gasteiger partial charge in [-0.15, -0.1) is 0 Å². The number of hydrogen-bond acceptors (Lipinski definition) is 2. The molecule has 0 fully saturated rings. The molecule has 0 aliphatic carbocycles. The van der Waals surface area contributed by atoms with Gasteiger partial charge in [-0.2, -0.15) is 0 Å². The van der Waals surface area contributed by atoms with Crippen molar-refractivity contribution in [1.29, 1.82) is 0 Å². The van der Waals surface area contributed by atoms with Gasteiger partial charge in [0.1, 0.15) is 11.4 Å². The van der Waals surface area contributed by atoms with E-state index in [1.165, 1.54) is 19.9 Å². The minimum atomic E-state index is -1.43. The van der Waals surface area contributed by atoms with Gasteiger partial charge in [0.05, 0.1) is 0 Å². The lowest BCUT2D eigenvalue weighted by Gasteiger charge is -2.21. The van der Waals surface area contributed by atoms with E-state index < -0.39 is 23.4 Å². The summed E-state index contributed by atoms with van der Waals surface area (Å²) in [4.78, 5) is 22.3. The molecule has 0 aromatic heterocycles. The van der Waals surface area contributed by atoms with Gasteiger partial charge in [-0.05, 0) is 32.0 Å². The maximum absolute atomic E-state index is 13.0. The first-order valence-electron chi connectivity index (χ1n) is 4.99. The number of benzene rings is 1. The maximum atomic E-state index is 13.0. The van der Waals surface area contributed by atoms with Gasteiger partial charge in [0, 0.05) is 10.7 Å². The molecule has 0 heterocycles. The average Bonchev–Trinajstić information content (AvgIpc) is 2.13. The first-order valence-corrected chi connectivity index (χ1v) is 5.37. The number of aliphatic carboxylic acids is 1. The Morgan fingerprint density at radius 3 is 2.44 bits per heavy atom. The summed E-state index contributed by atoms with van der Waals surface area (Å²) in [7, 11) is 0. The SMILES string of the molecule is CC(C)(NC(=O)Nc1cc(F)cc(Cl)c1)C(=O)O. The molecule has 98 valence electrons. The maximum Gasteiger partial charge on any atom is 0.328 e. The first-order chi connectivity index (χ1) is 8.20. The highest BCUT2D eigenvalue weighted by molar-refractivity contribution is 6.30. The lowest BCUT2D eigenvalue weighted by Crippen LogP contribution is -2.51. The Labute approximate surface area is 108 Å². The van der Waals surface area contributed by atoms with Crippen molar-refractivity contribution in [1.82, 2.24) is 5.32 Å². The van der Waals surface area contributed by atoms with Gasteiger partial charge >= 0.3 is 12.0 Å². The van der Waals surface area contributed by atoms with Crippen LogP contribution in [0, 0.1) is 5.82 Å². The predicted molar refractivity (Wildman–Crippen MR) is 65.3 cm³/mol. The smallest absolute Gasteiger partial charge is 0.328 e. The highest BCUT2D eigenvalue weighted by Gasteiger charge is 2.28. The molecule has 0 spiro atoms. The summed E-state index contributed by atoms with van der Waals surface area (Å²) < 4.78 is 13.0. The second-order valence-corrected chi connectivity index (χ2v) is 4.60. The molecule has 0 atom stereocenters. The minimum Gasteiger partial charge on any atom is -0.480 e. The molecule has 0 aliphatic heterocycles. The van der Waals surface area contributed by atoms with Crippen molar-refractivity contribution in [2.45, 2.75) is 19.4 Å². The molecule has 0 aliphatic rings. The summed E-state index contributed by atoms with van der Waals surface area (Å²) in [6.45, 7) is 2.65. The van der Waals surface area contributed by atoms with Gasteiger partial charge in [0.2, 0.25) is 0 Å². The number of carbonyl (C=O) groups excluding carboxylic acids is 1. The van der Waals surface area contributed by atoms with Gasteiger partial charge in [0.25, 0.3) is 0 Å². The van der Waals surface area contributed by atoms with Crippen LogP contribution in [0.1, 0.15) is 13.8 Å². The van der Waals surface area contributed by atoms with Gasteiger partial charge < -0.3 is 15.7 Å². The third kappa shape index (κ3) is 3.89. The number of carbonyl (C=O) groups is 2. The zero-order chi connectivity index (χ0) is 13.9. The van der Waals surface area contributed by atoms with Crippen molar-refractivity contribution in [3.8, 4) is 0 Å². The summed E-state index contributed by atoms with van der Waals surface area (Å²) in [5.41, 5.74) is -1.29. The van der Waals surface area contributed by atoms with Crippen LogP contribution >= 0.6 is 11.6 Å². The number of halogens is 2. The second kappa shape index (κ2) is 5.22. The molecule has 7 heteroatoms. The second-order valence-electron chi connectivity index (χ2n) is 4.17. The van der Waals surface area contributed by atoms with Crippen LogP contribution in [0.5, 0.6) is 0 Å². The molecule has 3 N–H and O–H groups in total. The van der Waals surface area contributed by atoms with Gasteiger partial charge in [-0.3, -0.25) is 0 Å². The van der Waals surface area contributed by atoms with Crippen LogP contribution in [0.15, 0.2) is 18.2 Å². The van der Waals surface area contributed by atoms with Crippen LogP contribution in [-0.2, 0) is 4.79 Å². The lowest BCUT2D eigenvalue weighted by atomic mass is 10.1. The molecule has 0 saturated heterocycles. The van der Waals surface area contributed by atoms with Crippen molar-refractivity contribution in [2.75, 3.05) is 5.32 Å². The number of carboxylic acid groups (broad SMARTS) is 1. The molecular formula is C11H12ClFN2O3. The van der Waals surface area contributed by atoms with Crippen LogP contribution in [0.25, 0.3) is 0 Å². The predicted octanol–water partition coefficient (Wildman–Crippen LogP) is 2.46. The minimum absolute atomic E-state index is 0.128. The molecule has 5 nitrogen and oxygen atoms in total. The van der Waals surface area contributed by atoms with Crippen LogP contribution in [0.2, 0.25) is 5.02 Å². The largest absolute Gasteiger partial charge is 0.480 e. The molecule has 0 radical (unpaired) electrons. The molecule has 1 aromatic carbocycles. The topological polar surface area (TPSA) is 78.4 Å². The molecule has 1 rings (SSSR count). The Balaban J connectivity index is 2.73. The molecule has 0 saturated carbocycles. The Kier molecular flexibility index (Phi) is 4.13. The number of anilines is 1. The molecule has 1 aromatic rings. The van der Waals surface area contributed by atoms with E-state index in [0.29, 0.717) is 0 Å². The molecule has 0 unspecified atom stereocenters. The van der Waals surface area contributed by atoms with E-state index in [1.54, 1.807) is 0 Å². The highest BCUT2D eigenvalue weighted by atomic mass is 35.5. The third-order valence-electron chi connectivity index (χ3n) is 2.08. The number of urea groups is 1. The van der Waals surface area contributed by atoms with E-state index in [4.69, 9.17) is 16.7 Å². The summed E-state index contributed by atoms with van der Waals surface area (Å²) in [6, 6.07) is 2.74. The van der Waals surface area contributed by atoms with Crippen molar-refractivity contribution in [2.24, 2.45) is 0 Å². The normalized spacial score (nSPS) is 10.9. The zero-order valence-electron chi connectivity index (χ0n) is 9.75. The van der Waals surface area contributed by atoms with Crippen LogP contribution < -0.4 is 10.6 Å². The monoisotopic (exact) mass is 274 g/mol. The first kappa shape index (κ1) is 14.2. The van der Waals surface area contributed by atoms with Crippen molar-refractivity contribution < 1.29 is 19.1 Å². The van der Waals surface area contributed by atoms with E-state index in [9.17, 15) is 14.0 Å². The Hall–Kier alpha value is -1.82. The fraction of sp³-hybridized carbons (Fsp3) is 0.273. The fourth-order valence-electron chi connectivity index (χ4n) is 1.13. The number of carboxylic acids is 1. The quantitative estimate of drug-likeness (QED) is 0.792. The van der Waals surface area contributed by atoms with E-state index in [0.717, 1.165) is 12.1 Å². The fourth-order valence-corrected chi connectivity index (χ4v) is 1.35. The number of rotatable bonds is 3. The summed E-state index contributed by atoms with van der Waals surface area (Å²) in [5.74, 6) is -1.79. The number of nitrogens with one attached hydrogen (secondary N) is 2. The van der Waals surface area contributed by atoms with E-state index in [2.05, 4.69) is 10.6 Å². The van der Waals surface area contributed by atoms with Crippen molar-refractivity contribution >= 4 is 29.3 Å². The van der Waals surface area contributed by atoms with Gasteiger partial charge in [-0.1, -0.05) is 11.6 Å². The van der Waals surface area contributed by atoms with Crippen LogP contribution in [0.4, 0.5) is 14.9 Å². The Morgan fingerprint density at radius 2 is 1.94 bits per heavy atom. The summed E-state index contributed by atoms with van der Waals surface area (Å²) in [6.07, 6.45) is 0. The average molecular weight is 275 g/mol. The lowest BCUT2D eigenvalue weighted by molar-refractivity contribution is -0.142. The molecule has 18 heavy (non-hydrogen) atoms. The molecular weight excluding hydrogens is 263 g/mol. The zero-order valence-corrected chi connectivity index (χ0v) is 10.5. The van der Waals surface area contributed by atoms with E-state index in [-0.39, 0.29) is 10.7 Å². The van der Waals surface area contributed by atoms with Crippen molar-refractivity contribution in [3.63, 3.8) is 0 Å². The number of amides is 2.